The van der Waals surface area contributed by atoms with Crippen LogP contribution in [0.3, 0.4) is 0 Å². The number of hydrogen-bond donors (Lipinski definition) is 1. The zero-order valence-corrected chi connectivity index (χ0v) is 12.7. The van der Waals surface area contributed by atoms with Gasteiger partial charge in [-0.3, -0.25) is 4.98 Å². The van der Waals surface area contributed by atoms with Gasteiger partial charge < -0.3 is 10.1 Å². The topological polar surface area (TPSA) is 34.1 Å². The van der Waals surface area contributed by atoms with E-state index in [0.29, 0.717) is 12.4 Å². The predicted octanol–water partition coefficient (Wildman–Crippen LogP) is 3.95. The lowest BCUT2D eigenvalue weighted by Gasteiger charge is -2.08. The smallest absolute Gasteiger partial charge is 0.142 e. The summed E-state index contributed by atoms with van der Waals surface area (Å²) in [6.07, 6.45) is 1.09. The van der Waals surface area contributed by atoms with Crippen LogP contribution in [0.1, 0.15) is 24.7 Å². The van der Waals surface area contributed by atoms with E-state index in [1.807, 2.05) is 18.2 Å². The summed E-state index contributed by atoms with van der Waals surface area (Å²) >= 11 is 5.71. The average Bonchev–Trinajstić information content (AvgIpc) is 2.49. The molecule has 1 aromatic carbocycles. The van der Waals surface area contributed by atoms with Crippen molar-refractivity contribution >= 4 is 11.6 Å². The molecule has 0 saturated carbocycles. The molecule has 1 aromatic heterocycles. The lowest BCUT2D eigenvalue weighted by atomic mass is 10.3. The molecule has 5 heteroatoms. The first-order chi connectivity index (χ1) is 10.2. The Bertz CT molecular complexity index is 592. The summed E-state index contributed by atoms with van der Waals surface area (Å²) in [5, 5.41) is 3.36. The molecule has 0 spiro atoms. The predicted molar refractivity (Wildman–Crippen MR) is 82.0 cm³/mol. The molecule has 0 saturated heterocycles. The monoisotopic (exact) mass is 308 g/mol. The molecule has 0 aliphatic rings. The standard InChI is InChI=1S/C16H18ClFN2O/c1-2-8-19-10-12-4-3-5-13(20-12)11-21-14-6-7-16(18)15(17)9-14/h3-7,9,19H,2,8,10-11H2,1H3. The molecule has 0 fully saturated rings. The van der Waals surface area contributed by atoms with Crippen molar-refractivity contribution in [3.05, 3.63) is 58.6 Å². The number of nitrogens with zero attached hydrogens (tertiary/aromatic N) is 1. The van der Waals surface area contributed by atoms with Crippen LogP contribution in [0.5, 0.6) is 5.75 Å². The molecule has 0 bridgehead atoms. The van der Waals surface area contributed by atoms with E-state index in [1.165, 1.54) is 12.1 Å². The molecule has 1 heterocycles. The molecule has 0 atom stereocenters. The largest absolute Gasteiger partial charge is 0.487 e. The second-order valence-electron chi connectivity index (χ2n) is 4.66. The van der Waals surface area contributed by atoms with Gasteiger partial charge >= 0.3 is 0 Å². The van der Waals surface area contributed by atoms with Gasteiger partial charge in [0.25, 0.3) is 0 Å². The number of aromatic nitrogens is 1. The Hall–Kier alpha value is -1.65. The fourth-order valence-electron chi connectivity index (χ4n) is 1.83. The maximum absolute atomic E-state index is 13.1. The van der Waals surface area contributed by atoms with Crippen LogP contribution in [0, 0.1) is 5.82 Å². The summed E-state index contributed by atoms with van der Waals surface area (Å²) < 4.78 is 18.6. The molecule has 21 heavy (non-hydrogen) atoms. The molecule has 0 unspecified atom stereocenters. The summed E-state index contributed by atoms with van der Waals surface area (Å²) in [6.45, 7) is 4.16. The number of ether oxygens (including phenoxy) is 1. The molecule has 0 aliphatic carbocycles. The van der Waals surface area contributed by atoms with Crippen molar-refractivity contribution in [2.75, 3.05) is 6.54 Å². The summed E-state index contributed by atoms with van der Waals surface area (Å²) in [4.78, 5) is 4.51. The van der Waals surface area contributed by atoms with Crippen LogP contribution < -0.4 is 10.1 Å². The number of benzene rings is 1. The van der Waals surface area contributed by atoms with Crippen molar-refractivity contribution in [3.8, 4) is 5.75 Å². The Labute approximate surface area is 129 Å². The molecule has 112 valence electrons. The second kappa shape index (κ2) is 7.96. The van der Waals surface area contributed by atoms with Crippen molar-refractivity contribution in [3.63, 3.8) is 0 Å². The van der Waals surface area contributed by atoms with E-state index in [4.69, 9.17) is 16.3 Å². The SMILES string of the molecule is CCCNCc1cccc(COc2ccc(F)c(Cl)c2)n1. The van der Waals surface area contributed by atoms with E-state index < -0.39 is 5.82 Å². The highest BCUT2D eigenvalue weighted by Crippen LogP contribution is 2.21. The quantitative estimate of drug-likeness (QED) is 0.786. The van der Waals surface area contributed by atoms with Gasteiger partial charge in [-0.2, -0.15) is 0 Å². The van der Waals surface area contributed by atoms with E-state index in [-0.39, 0.29) is 5.02 Å². The van der Waals surface area contributed by atoms with Gasteiger partial charge in [-0.1, -0.05) is 24.6 Å². The van der Waals surface area contributed by atoms with Gasteiger partial charge in [-0.25, -0.2) is 4.39 Å². The molecular weight excluding hydrogens is 291 g/mol. The first kappa shape index (κ1) is 15.7. The Morgan fingerprint density at radius 1 is 1.24 bits per heavy atom. The van der Waals surface area contributed by atoms with Crippen molar-refractivity contribution < 1.29 is 9.13 Å². The van der Waals surface area contributed by atoms with Crippen LogP contribution in [0.2, 0.25) is 5.02 Å². The zero-order valence-electron chi connectivity index (χ0n) is 11.9. The highest BCUT2D eigenvalue weighted by atomic mass is 35.5. The van der Waals surface area contributed by atoms with E-state index in [0.717, 1.165) is 30.9 Å². The minimum Gasteiger partial charge on any atom is -0.487 e. The van der Waals surface area contributed by atoms with Gasteiger partial charge in [0.05, 0.1) is 16.4 Å². The first-order valence-electron chi connectivity index (χ1n) is 6.92. The number of nitrogens with one attached hydrogen (secondary N) is 1. The van der Waals surface area contributed by atoms with E-state index >= 15 is 0 Å². The normalized spacial score (nSPS) is 10.6. The fourth-order valence-corrected chi connectivity index (χ4v) is 2.00. The van der Waals surface area contributed by atoms with E-state index in [2.05, 4.69) is 17.2 Å². The highest BCUT2D eigenvalue weighted by Gasteiger charge is 2.03. The zero-order chi connectivity index (χ0) is 15.1. The van der Waals surface area contributed by atoms with Gasteiger partial charge in [0.1, 0.15) is 18.2 Å². The first-order valence-corrected chi connectivity index (χ1v) is 7.30. The summed E-state index contributed by atoms with van der Waals surface area (Å²) in [5.74, 6) is 0.0730. The summed E-state index contributed by atoms with van der Waals surface area (Å²) in [7, 11) is 0. The van der Waals surface area contributed by atoms with Crippen LogP contribution in [-0.2, 0) is 13.2 Å². The molecule has 2 rings (SSSR count). The van der Waals surface area contributed by atoms with Gasteiger partial charge in [-0.05, 0) is 37.2 Å². The number of rotatable bonds is 7. The minimum atomic E-state index is -0.453. The van der Waals surface area contributed by atoms with E-state index in [9.17, 15) is 4.39 Å². The Kier molecular flexibility index (Phi) is 5.96. The average molecular weight is 309 g/mol. The fraction of sp³-hybridized carbons (Fsp3) is 0.312. The molecule has 0 radical (unpaired) electrons. The van der Waals surface area contributed by atoms with Crippen LogP contribution in [0.25, 0.3) is 0 Å². The van der Waals surface area contributed by atoms with Crippen molar-refractivity contribution in [1.29, 1.82) is 0 Å². The van der Waals surface area contributed by atoms with Gasteiger partial charge in [-0.15, -0.1) is 0 Å². The van der Waals surface area contributed by atoms with Crippen LogP contribution in [0.4, 0.5) is 4.39 Å². The van der Waals surface area contributed by atoms with Crippen LogP contribution in [-0.4, -0.2) is 11.5 Å². The molecule has 0 amide bonds. The van der Waals surface area contributed by atoms with Gasteiger partial charge in [0.15, 0.2) is 0 Å². The number of hydrogen-bond acceptors (Lipinski definition) is 3. The lowest BCUT2D eigenvalue weighted by molar-refractivity contribution is 0.300. The van der Waals surface area contributed by atoms with Gasteiger partial charge in [0.2, 0.25) is 0 Å². The number of halogens is 2. The van der Waals surface area contributed by atoms with Gasteiger partial charge in [0, 0.05) is 12.6 Å². The molecular formula is C16H18ClFN2O. The second-order valence-corrected chi connectivity index (χ2v) is 5.07. The highest BCUT2D eigenvalue weighted by molar-refractivity contribution is 6.30. The van der Waals surface area contributed by atoms with Crippen LogP contribution in [0.15, 0.2) is 36.4 Å². The molecule has 0 aliphatic heterocycles. The third-order valence-corrected chi connectivity index (χ3v) is 3.16. The minimum absolute atomic E-state index is 0.0537. The summed E-state index contributed by atoms with van der Waals surface area (Å²) in [6, 6.07) is 10.1. The van der Waals surface area contributed by atoms with Crippen molar-refractivity contribution in [1.82, 2.24) is 10.3 Å². The third kappa shape index (κ3) is 4.99. The maximum atomic E-state index is 13.1. The Balaban J connectivity index is 1.93. The molecule has 1 N–H and O–H groups in total. The summed E-state index contributed by atoms with van der Waals surface area (Å²) in [5.41, 5.74) is 1.80. The third-order valence-electron chi connectivity index (χ3n) is 2.88. The maximum Gasteiger partial charge on any atom is 0.142 e. The van der Waals surface area contributed by atoms with Crippen LogP contribution >= 0.6 is 11.6 Å². The Morgan fingerprint density at radius 2 is 2.05 bits per heavy atom. The van der Waals surface area contributed by atoms with Crippen molar-refractivity contribution in [2.24, 2.45) is 0 Å². The van der Waals surface area contributed by atoms with E-state index in [1.54, 1.807) is 6.07 Å². The Morgan fingerprint density at radius 3 is 2.81 bits per heavy atom. The lowest BCUT2D eigenvalue weighted by Crippen LogP contribution is -2.15. The molecule has 3 nitrogen and oxygen atoms in total. The number of pyridine rings is 1. The molecule has 2 aromatic rings. The van der Waals surface area contributed by atoms with Crippen molar-refractivity contribution in [2.45, 2.75) is 26.5 Å².